The fraction of sp³-hybridized carbons (Fsp3) is 0.100. The van der Waals surface area contributed by atoms with Crippen molar-refractivity contribution in [3.63, 3.8) is 0 Å². The van der Waals surface area contributed by atoms with E-state index in [-0.39, 0.29) is 5.58 Å². The smallest absolute Gasteiger partial charge is 0.336 e. The average Bonchev–Trinajstić information content (AvgIpc) is 2.15. The van der Waals surface area contributed by atoms with E-state index in [0.717, 1.165) is 12.1 Å². The fourth-order valence-corrected chi connectivity index (χ4v) is 1.94. The number of fused-ring (bicyclic) bond motifs is 1. The molecule has 2 aromatic rings. The van der Waals surface area contributed by atoms with Crippen LogP contribution in [0.1, 0.15) is 5.56 Å². The molecule has 6 heteroatoms. The Hall–Kier alpha value is -1.69. The second-order valence-electron chi connectivity index (χ2n) is 3.34. The van der Waals surface area contributed by atoms with Crippen LogP contribution >= 0.6 is 0 Å². The molecule has 0 aliphatic rings. The summed E-state index contributed by atoms with van der Waals surface area (Å²) in [4.78, 5) is 10.5. The Morgan fingerprint density at radius 2 is 1.94 bits per heavy atom. The van der Waals surface area contributed by atoms with Crippen molar-refractivity contribution in [3.05, 3.63) is 40.2 Å². The second kappa shape index (κ2) is 3.41. The maximum Gasteiger partial charge on any atom is 0.336 e. The topological polar surface area (TPSA) is 64.3 Å². The van der Waals surface area contributed by atoms with Crippen molar-refractivity contribution in [1.29, 1.82) is 0 Å². The predicted molar refractivity (Wildman–Crippen MR) is 55.5 cm³/mol. The van der Waals surface area contributed by atoms with Crippen molar-refractivity contribution in [2.24, 2.45) is 0 Å². The van der Waals surface area contributed by atoms with Gasteiger partial charge in [-0.3, -0.25) is 0 Å². The Bertz CT molecular complexity index is 715. The third kappa shape index (κ3) is 1.83. The van der Waals surface area contributed by atoms with Gasteiger partial charge in [0.1, 0.15) is 10.5 Å². The Morgan fingerprint density at radius 1 is 1.25 bits per heavy atom. The van der Waals surface area contributed by atoms with Crippen LogP contribution in [0.5, 0.6) is 0 Å². The molecule has 0 N–H and O–H groups in total. The maximum atomic E-state index is 12.7. The Kier molecular flexibility index (Phi) is 2.31. The van der Waals surface area contributed by atoms with Crippen molar-refractivity contribution in [3.8, 4) is 0 Å². The van der Waals surface area contributed by atoms with Gasteiger partial charge >= 0.3 is 15.8 Å². The van der Waals surface area contributed by atoms with E-state index in [0.29, 0.717) is 10.9 Å². The summed E-state index contributed by atoms with van der Waals surface area (Å²) in [6, 6.07) is 4.82. The molecule has 4 nitrogen and oxygen atoms in total. The summed E-state index contributed by atoms with van der Waals surface area (Å²) in [7, 11) is -4.78. The standard InChI is InChI=1S/C10H7FO4S/c1-6-4-10(12)15-9-5-7(16(11,13)14)2-3-8(6)9/h2-5H,1H3. The first kappa shape index (κ1) is 10.8. The van der Waals surface area contributed by atoms with Gasteiger partial charge in [0.25, 0.3) is 0 Å². The monoisotopic (exact) mass is 242 g/mol. The first-order chi connectivity index (χ1) is 7.38. The summed E-state index contributed by atoms with van der Waals surface area (Å²) in [5, 5.41) is 0.576. The first-order valence-electron chi connectivity index (χ1n) is 4.37. The largest absolute Gasteiger partial charge is 0.423 e. The molecule has 1 aromatic carbocycles. The van der Waals surface area contributed by atoms with Gasteiger partial charge in [-0.25, -0.2) is 4.79 Å². The van der Waals surface area contributed by atoms with Crippen LogP contribution in [-0.4, -0.2) is 8.42 Å². The lowest BCUT2D eigenvalue weighted by atomic mass is 10.1. The molecule has 0 radical (unpaired) electrons. The van der Waals surface area contributed by atoms with E-state index in [2.05, 4.69) is 0 Å². The minimum atomic E-state index is -4.78. The highest BCUT2D eigenvalue weighted by molar-refractivity contribution is 7.86. The fourth-order valence-electron chi connectivity index (χ4n) is 1.46. The molecule has 84 valence electrons. The van der Waals surface area contributed by atoms with Gasteiger partial charge in [-0.2, -0.15) is 8.42 Å². The SMILES string of the molecule is Cc1cc(=O)oc2cc(S(=O)(=O)F)ccc12. The molecule has 0 unspecified atom stereocenters. The van der Waals surface area contributed by atoms with Crippen LogP contribution in [0.2, 0.25) is 0 Å². The van der Waals surface area contributed by atoms with Crippen LogP contribution in [0, 0.1) is 6.92 Å². The summed E-state index contributed by atoms with van der Waals surface area (Å²) in [5.74, 6) is 0. The Labute approximate surface area is 90.5 Å². The molecule has 0 atom stereocenters. The number of halogens is 1. The van der Waals surface area contributed by atoms with Crippen molar-refractivity contribution < 1.29 is 16.7 Å². The van der Waals surface area contributed by atoms with Crippen LogP contribution in [0.15, 0.2) is 38.4 Å². The minimum absolute atomic E-state index is 0.0590. The molecule has 1 heterocycles. The van der Waals surface area contributed by atoms with Crippen molar-refractivity contribution in [1.82, 2.24) is 0 Å². The summed E-state index contributed by atoms with van der Waals surface area (Å²) >= 11 is 0. The summed E-state index contributed by atoms with van der Waals surface area (Å²) in [5.41, 5.74) is 0.108. The highest BCUT2D eigenvalue weighted by atomic mass is 32.3. The number of rotatable bonds is 1. The van der Waals surface area contributed by atoms with E-state index >= 15 is 0 Å². The molecule has 0 saturated heterocycles. The minimum Gasteiger partial charge on any atom is -0.423 e. The van der Waals surface area contributed by atoms with Crippen LogP contribution in [0.4, 0.5) is 3.89 Å². The van der Waals surface area contributed by atoms with E-state index in [9.17, 15) is 17.1 Å². The van der Waals surface area contributed by atoms with Gasteiger partial charge in [-0.1, -0.05) is 0 Å². The van der Waals surface area contributed by atoms with Crippen LogP contribution < -0.4 is 5.63 Å². The maximum absolute atomic E-state index is 12.7. The summed E-state index contributed by atoms with van der Waals surface area (Å²) in [6.45, 7) is 1.68. The van der Waals surface area contributed by atoms with Gasteiger partial charge in [-0.15, -0.1) is 3.89 Å². The number of benzene rings is 1. The Balaban J connectivity index is 2.87. The van der Waals surface area contributed by atoms with Crippen LogP contribution in [0.25, 0.3) is 11.0 Å². The van der Waals surface area contributed by atoms with Gasteiger partial charge in [0, 0.05) is 17.5 Å². The molecule has 16 heavy (non-hydrogen) atoms. The zero-order chi connectivity index (χ0) is 11.9. The highest BCUT2D eigenvalue weighted by Gasteiger charge is 2.13. The van der Waals surface area contributed by atoms with E-state index in [1.54, 1.807) is 6.92 Å². The number of hydrogen-bond acceptors (Lipinski definition) is 4. The molecule has 2 rings (SSSR count). The summed E-state index contributed by atoms with van der Waals surface area (Å²) in [6.07, 6.45) is 0. The molecular weight excluding hydrogens is 235 g/mol. The second-order valence-corrected chi connectivity index (χ2v) is 4.69. The van der Waals surface area contributed by atoms with Crippen LogP contribution in [0.3, 0.4) is 0 Å². The number of hydrogen-bond donors (Lipinski definition) is 0. The van der Waals surface area contributed by atoms with Gasteiger partial charge in [0.15, 0.2) is 0 Å². The zero-order valence-corrected chi connectivity index (χ0v) is 9.05. The molecule has 0 bridgehead atoms. The molecule has 0 fully saturated rings. The molecule has 0 spiro atoms. The van der Waals surface area contributed by atoms with Gasteiger partial charge < -0.3 is 4.42 Å². The summed E-state index contributed by atoms with van der Waals surface area (Å²) < 4.78 is 38.8. The number of aryl methyl sites for hydroxylation is 1. The molecule has 1 aromatic heterocycles. The van der Waals surface area contributed by atoms with Gasteiger partial charge in [0.2, 0.25) is 0 Å². The molecule has 0 saturated carbocycles. The van der Waals surface area contributed by atoms with Crippen LogP contribution in [-0.2, 0) is 10.2 Å². The van der Waals surface area contributed by atoms with E-state index in [1.807, 2.05) is 0 Å². The lowest BCUT2D eigenvalue weighted by Crippen LogP contribution is -1.99. The average molecular weight is 242 g/mol. The lowest BCUT2D eigenvalue weighted by molar-refractivity contribution is 0.547. The third-order valence-corrected chi connectivity index (χ3v) is 3.02. The van der Waals surface area contributed by atoms with Gasteiger partial charge in [-0.05, 0) is 24.6 Å². The molecule has 0 aliphatic heterocycles. The zero-order valence-electron chi connectivity index (χ0n) is 8.23. The first-order valence-corrected chi connectivity index (χ1v) is 5.75. The molecule has 0 aliphatic carbocycles. The van der Waals surface area contributed by atoms with Gasteiger partial charge in [0.05, 0.1) is 0 Å². The Morgan fingerprint density at radius 3 is 2.56 bits per heavy atom. The van der Waals surface area contributed by atoms with Crippen molar-refractivity contribution >= 4 is 21.2 Å². The van der Waals surface area contributed by atoms with Crippen molar-refractivity contribution in [2.75, 3.05) is 0 Å². The van der Waals surface area contributed by atoms with E-state index in [4.69, 9.17) is 4.42 Å². The predicted octanol–water partition coefficient (Wildman–Crippen LogP) is 1.76. The molecule has 0 amide bonds. The normalized spacial score (nSPS) is 11.9. The third-order valence-electron chi connectivity index (χ3n) is 2.20. The quantitative estimate of drug-likeness (QED) is 0.564. The van der Waals surface area contributed by atoms with Crippen molar-refractivity contribution in [2.45, 2.75) is 11.8 Å². The highest BCUT2D eigenvalue weighted by Crippen LogP contribution is 2.21. The van der Waals surface area contributed by atoms with E-state index < -0.39 is 20.7 Å². The lowest BCUT2D eigenvalue weighted by Gasteiger charge is -2.01. The molecular formula is C10H7FO4S. The van der Waals surface area contributed by atoms with E-state index in [1.165, 1.54) is 12.1 Å².